The molecule has 0 saturated carbocycles. The highest BCUT2D eigenvalue weighted by atomic mass is 35.5. The Morgan fingerprint density at radius 3 is 2.47 bits per heavy atom. The standard InChI is InChI=1S/C10H13NO4S.ClH/c11-3-6-16(12,13)8-1-2-9-10(7-8)15-5-4-14-9;/h1-2,7H,3-6,11H2;1H. The van der Waals surface area contributed by atoms with E-state index in [2.05, 4.69) is 0 Å². The maximum absolute atomic E-state index is 11.7. The van der Waals surface area contributed by atoms with Crippen LogP contribution in [-0.4, -0.2) is 33.9 Å². The molecule has 1 aromatic carbocycles. The molecule has 0 amide bonds. The molecule has 1 heterocycles. The first-order valence-corrected chi connectivity index (χ1v) is 6.61. The molecular weight excluding hydrogens is 266 g/mol. The van der Waals surface area contributed by atoms with Gasteiger partial charge in [-0.15, -0.1) is 12.4 Å². The van der Waals surface area contributed by atoms with Gasteiger partial charge in [0.2, 0.25) is 0 Å². The number of fused-ring (bicyclic) bond motifs is 1. The van der Waals surface area contributed by atoms with Gasteiger partial charge in [-0.1, -0.05) is 0 Å². The average Bonchev–Trinajstić information content (AvgIpc) is 2.28. The molecule has 0 aromatic heterocycles. The molecule has 0 unspecified atom stereocenters. The van der Waals surface area contributed by atoms with Crippen molar-refractivity contribution in [1.29, 1.82) is 0 Å². The number of rotatable bonds is 3. The minimum absolute atomic E-state index is 0. The predicted octanol–water partition coefficient (Wildman–Crippen LogP) is 0.612. The zero-order valence-electron chi connectivity index (χ0n) is 9.09. The first kappa shape index (κ1) is 14.1. The summed E-state index contributed by atoms with van der Waals surface area (Å²) in [5.74, 6) is 0.995. The van der Waals surface area contributed by atoms with Crippen LogP contribution in [0.25, 0.3) is 0 Å². The van der Waals surface area contributed by atoms with Crippen molar-refractivity contribution in [1.82, 2.24) is 0 Å². The summed E-state index contributed by atoms with van der Waals surface area (Å²) < 4.78 is 34.1. The van der Waals surface area contributed by atoms with Gasteiger partial charge in [-0.05, 0) is 12.1 Å². The normalized spacial score (nSPS) is 13.9. The molecule has 2 N–H and O–H groups in total. The molecule has 0 aliphatic carbocycles. The Kier molecular flexibility index (Phi) is 4.62. The van der Waals surface area contributed by atoms with Gasteiger partial charge >= 0.3 is 0 Å². The lowest BCUT2D eigenvalue weighted by Crippen LogP contribution is -2.18. The van der Waals surface area contributed by atoms with E-state index in [1.54, 1.807) is 6.07 Å². The largest absolute Gasteiger partial charge is 0.486 e. The molecule has 0 fully saturated rings. The van der Waals surface area contributed by atoms with E-state index >= 15 is 0 Å². The number of halogens is 1. The van der Waals surface area contributed by atoms with Crippen LogP contribution in [0.15, 0.2) is 23.1 Å². The van der Waals surface area contributed by atoms with E-state index in [1.807, 2.05) is 0 Å². The van der Waals surface area contributed by atoms with Crippen molar-refractivity contribution in [2.45, 2.75) is 4.90 Å². The fraction of sp³-hybridized carbons (Fsp3) is 0.400. The molecular formula is C10H14ClNO4S. The summed E-state index contributed by atoms with van der Waals surface area (Å²) in [5.41, 5.74) is 5.25. The van der Waals surface area contributed by atoms with Gasteiger partial charge in [0.05, 0.1) is 10.6 Å². The quantitative estimate of drug-likeness (QED) is 0.877. The first-order valence-electron chi connectivity index (χ1n) is 4.96. The maximum atomic E-state index is 11.7. The van der Waals surface area contributed by atoms with Gasteiger partial charge in [0, 0.05) is 12.6 Å². The van der Waals surface area contributed by atoms with E-state index in [0.29, 0.717) is 24.7 Å². The molecule has 17 heavy (non-hydrogen) atoms. The van der Waals surface area contributed by atoms with Gasteiger partial charge in [0.25, 0.3) is 0 Å². The van der Waals surface area contributed by atoms with Crippen LogP contribution in [0.5, 0.6) is 11.5 Å². The number of hydrogen-bond donors (Lipinski definition) is 1. The summed E-state index contributed by atoms with van der Waals surface area (Å²) >= 11 is 0. The molecule has 1 aromatic rings. The number of hydrogen-bond acceptors (Lipinski definition) is 5. The second-order valence-corrected chi connectivity index (χ2v) is 5.52. The third-order valence-corrected chi connectivity index (χ3v) is 4.00. The molecule has 0 atom stereocenters. The Morgan fingerprint density at radius 2 is 1.82 bits per heavy atom. The second-order valence-electron chi connectivity index (χ2n) is 3.41. The van der Waals surface area contributed by atoms with E-state index in [0.717, 1.165) is 0 Å². The number of ether oxygens (including phenoxy) is 2. The summed E-state index contributed by atoms with van der Waals surface area (Å²) in [4.78, 5) is 0.224. The number of sulfone groups is 1. The topological polar surface area (TPSA) is 78.6 Å². The van der Waals surface area contributed by atoms with Gasteiger partial charge in [-0.2, -0.15) is 0 Å². The third kappa shape index (κ3) is 3.02. The summed E-state index contributed by atoms with van der Waals surface area (Å²) in [6.07, 6.45) is 0. The highest BCUT2D eigenvalue weighted by Crippen LogP contribution is 2.32. The van der Waals surface area contributed by atoms with Crippen LogP contribution in [0, 0.1) is 0 Å². The van der Waals surface area contributed by atoms with Crippen LogP contribution in [0.2, 0.25) is 0 Å². The van der Waals surface area contributed by atoms with Gasteiger partial charge in [-0.3, -0.25) is 0 Å². The SMILES string of the molecule is Cl.NCCS(=O)(=O)c1ccc2c(c1)OCCO2. The third-order valence-electron chi connectivity index (χ3n) is 2.26. The summed E-state index contributed by atoms with van der Waals surface area (Å²) in [7, 11) is -3.30. The van der Waals surface area contributed by atoms with Gasteiger partial charge in [-0.25, -0.2) is 8.42 Å². The Bertz CT molecular complexity index is 489. The number of benzene rings is 1. The van der Waals surface area contributed by atoms with Crippen LogP contribution in [0.1, 0.15) is 0 Å². The molecule has 96 valence electrons. The van der Waals surface area contributed by atoms with Crippen molar-refractivity contribution in [3.05, 3.63) is 18.2 Å². The molecule has 1 aliphatic heterocycles. The minimum Gasteiger partial charge on any atom is -0.486 e. The zero-order valence-corrected chi connectivity index (χ0v) is 10.7. The average molecular weight is 280 g/mol. The predicted molar refractivity (Wildman–Crippen MR) is 65.8 cm³/mol. The van der Waals surface area contributed by atoms with Crippen LogP contribution < -0.4 is 15.2 Å². The fourth-order valence-corrected chi connectivity index (χ4v) is 2.60. The van der Waals surface area contributed by atoms with Crippen molar-refractivity contribution >= 4 is 22.2 Å². The van der Waals surface area contributed by atoms with E-state index in [1.165, 1.54) is 12.1 Å². The summed E-state index contributed by atoms with van der Waals surface area (Å²) in [5, 5.41) is 0. The molecule has 7 heteroatoms. The first-order chi connectivity index (χ1) is 7.63. The fourth-order valence-electron chi connectivity index (χ4n) is 1.49. The van der Waals surface area contributed by atoms with Gasteiger partial charge in [0.1, 0.15) is 13.2 Å². The lowest BCUT2D eigenvalue weighted by atomic mass is 10.3. The van der Waals surface area contributed by atoms with Crippen LogP contribution in [-0.2, 0) is 9.84 Å². The Hall–Kier alpha value is -0.980. The molecule has 1 aliphatic rings. The van der Waals surface area contributed by atoms with Crippen molar-refractivity contribution < 1.29 is 17.9 Å². The van der Waals surface area contributed by atoms with Gasteiger partial charge < -0.3 is 15.2 Å². The maximum Gasteiger partial charge on any atom is 0.179 e. The Labute approximate surface area is 106 Å². The Morgan fingerprint density at radius 1 is 1.18 bits per heavy atom. The minimum atomic E-state index is -3.30. The van der Waals surface area contributed by atoms with Gasteiger partial charge in [0.15, 0.2) is 21.3 Å². The molecule has 2 rings (SSSR count). The smallest absolute Gasteiger partial charge is 0.179 e. The molecule has 0 bridgehead atoms. The highest BCUT2D eigenvalue weighted by molar-refractivity contribution is 7.91. The van der Waals surface area contributed by atoms with Crippen molar-refractivity contribution in [2.24, 2.45) is 5.73 Å². The van der Waals surface area contributed by atoms with E-state index in [-0.39, 0.29) is 29.6 Å². The Balaban J connectivity index is 0.00000144. The highest BCUT2D eigenvalue weighted by Gasteiger charge is 2.18. The molecule has 0 radical (unpaired) electrons. The summed E-state index contributed by atoms with van der Waals surface area (Å²) in [6.45, 7) is 1.03. The van der Waals surface area contributed by atoms with Crippen molar-refractivity contribution in [2.75, 3.05) is 25.5 Å². The van der Waals surface area contributed by atoms with Crippen molar-refractivity contribution in [3.8, 4) is 11.5 Å². The van der Waals surface area contributed by atoms with E-state index in [4.69, 9.17) is 15.2 Å². The van der Waals surface area contributed by atoms with Crippen LogP contribution >= 0.6 is 12.4 Å². The summed E-state index contributed by atoms with van der Waals surface area (Å²) in [6, 6.07) is 4.61. The number of nitrogens with two attached hydrogens (primary N) is 1. The lowest BCUT2D eigenvalue weighted by Gasteiger charge is -2.18. The molecule has 0 spiro atoms. The second kappa shape index (κ2) is 5.57. The van der Waals surface area contributed by atoms with Crippen molar-refractivity contribution in [3.63, 3.8) is 0 Å². The van der Waals surface area contributed by atoms with Crippen LogP contribution in [0.4, 0.5) is 0 Å². The molecule has 0 saturated heterocycles. The van der Waals surface area contributed by atoms with Crippen LogP contribution in [0.3, 0.4) is 0 Å². The zero-order chi connectivity index (χ0) is 11.6. The lowest BCUT2D eigenvalue weighted by molar-refractivity contribution is 0.171. The van der Waals surface area contributed by atoms with E-state index in [9.17, 15) is 8.42 Å². The monoisotopic (exact) mass is 279 g/mol. The van der Waals surface area contributed by atoms with E-state index < -0.39 is 9.84 Å². The molecule has 5 nitrogen and oxygen atoms in total.